The zero-order valence-electron chi connectivity index (χ0n) is 21.7. The Morgan fingerprint density at radius 3 is 2.49 bits per heavy atom. The van der Waals surface area contributed by atoms with E-state index in [1.165, 1.54) is 24.8 Å². The molecule has 0 radical (unpaired) electrons. The second-order valence-electron chi connectivity index (χ2n) is 11.4. The molecule has 2 saturated heterocycles. The Labute approximate surface area is 219 Å². The highest BCUT2D eigenvalue weighted by Gasteiger charge is 2.43. The van der Waals surface area contributed by atoms with Crippen LogP contribution in [0.2, 0.25) is 0 Å². The number of carboxylic acids is 1. The van der Waals surface area contributed by atoms with Gasteiger partial charge in [-0.3, -0.25) is 9.69 Å². The Kier molecular flexibility index (Phi) is 7.25. The van der Waals surface area contributed by atoms with Gasteiger partial charge in [-0.05, 0) is 55.2 Å². The molecule has 7 nitrogen and oxygen atoms in total. The summed E-state index contributed by atoms with van der Waals surface area (Å²) in [4.78, 5) is 26.6. The number of nitrogens with zero attached hydrogens (tertiary/aromatic N) is 5. The van der Waals surface area contributed by atoms with Crippen LogP contribution in [-0.2, 0) is 4.79 Å². The van der Waals surface area contributed by atoms with Crippen LogP contribution < -0.4 is 0 Å². The first-order chi connectivity index (χ1) is 18.2. The van der Waals surface area contributed by atoms with Crippen LogP contribution in [-0.4, -0.2) is 74.2 Å². The van der Waals surface area contributed by atoms with E-state index >= 15 is 0 Å². The first-order valence-electron chi connectivity index (χ1n) is 14.2. The Balaban J connectivity index is 1.15. The summed E-state index contributed by atoms with van der Waals surface area (Å²) < 4.78 is 2.26. The molecular weight excluding hydrogens is 462 g/mol. The predicted molar refractivity (Wildman–Crippen MR) is 144 cm³/mol. The lowest BCUT2D eigenvalue weighted by atomic mass is 9.83. The number of hydrogen-bond donors (Lipinski definition) is 1. The zero-order valence-corrected chi connectivity index (χ0v) is 21.7. The maximum absolute atomic E-state index is 12.5. The second-order valence-corrected chi connectivity index (χ2v) is 11.4. The van der Waals surface area contributed by atoms with Crippen LogP contribution in [0, 0.1) is 11.8 Å². The highest BCUT2D eigenvalue weighted by molar-refractivity contribution is 5.74. The summed E-state index contributed by atoms with van der Waals surface area (Å²) in [5, 5.41) is 10.3. The molecule has 1 unspecified atom stereocenters. The van der Waals surface area contributed by atoms with E-state index < -0.39 is 5.97 Å². The summed E-state index contributed by atoms with van der Waals surface area (Å²) in [6.07, 6.45) is 11.7. The van der Waals surface area contributed by atoms with Gasteiger partial charge in [0.1, 0.15) is 11.6 Å². The van der Waals surface area contributed by atoms with Gasteiger partial charge < -0.3 is 14.6 Å². The highest BCUT2D eigenvalue weighted by atomic mass is 16.4. The van der Waals surface area contributed by atoms with Crippen molar-refractivity contribution >= 4 is 17.1 Å². The van der Waals surface area contributed by atoms with Gasteiger partial charge >= 0.3 is 5.97 Å². The number of hydrogen-bond acceptors (Lipinski definition) is 5. The van der Waals surface area contributed by atoms with E-state index in [9.17, 15) is 9.90 Å². The number of rotatable bonds is 7. The monoisotopic (exact) mass is 501 g/mol. The summed E-state index contributed by atoms with van der Waals surface area (Å²) in [5.41, 5.74) is 3.31. The van der Waals surface area contributed by atoms with Crippen molar-refractivity contribution in [3.8, 4) is 0 Å². The molecule has 1 saturated carbocycles. The molecule has 4 heterocycles. The summed E-state index contributed by atoms with van der Waals surface area (Å²) in [7, 11) is 0. The minimum Gasteiger partial charge on any atom is -0.480 e. The van der Waals surface area contributed by atoms with Crippen molar-refractivity contribution in [3.05, 3.63) is 60.6 Å². The van der Waals surface area contributed by atoms with Gasteiger partial charge in [-0.1, -0.05) is 49.6 Å². The Bertz CT molecular complexity index is 1180. The molecule has 3 aromatic rings. The second kappa shape index (κ2) is 10.9. The number of piperidine rings is 1. The molecule has 3 aliphatic rings. The molecule has 1 aromatic carbocycles. The van der Waals surface area contributed by atoms with Gasteiger partial charge in [-0.15, -0.1) is 0 Å². The van der Waals surface area contributed by atoms with Crippen LogP contribution >= 0.6 is 0 Å². The fourth-order valence-corrected chi connectivity index (χ4v) is 7.35. The molecule has 1 N–H and O–H groups in total. The van der Waals surface area contributed by atoms with Crippen molar-refractivity contribution in [2.24, 2.45) is 11.8 Å². The molecule has 0 spiro atoms. The van der Waals surface area contributed by atoms with Crippen molar-refractivity contribution in [3.63, 3.8) is 0 Å². The fraction of sp³-hybridized carbons (Fsp3) is 0.567. The van der Waals surface area contributed by atoms with Gasteiger partial charge in [0, 0.05) is 50.9 Å². The SMILES string of the molecule is O=C(O)[C@@H](C1CCCCC1)N1CC(CN2CCC(n3cnc4cccnc43)CC2)[C@@H](c2ccccc2)C1. The smallest absolute Gasteiger partial charge is 0.321 e. The quantitative estimate of drug-likeness (QED) is 0.501. The molecule has 6 rings (SSSR count). The van der Waals surface area contributed by atoms with Gasteiger partial charge in [0.25, 0.3) is 0 Å². The lowest BCUT2D eigenvalue weighted by Crippen LogP contribution is -2.46. The van der Waals surface area contributed by atoms with E-state index in [0.717, 1.165) is 69.6 Å². The first-order valence-corrected chi connectivity index (χ1v) is 14.2. The molecule has 3 fully saturated rings. The van der Waals surface area contributed by atoms with E-state index in [1.54, 1.807) is 0 Å². The van der Waals surface area contributed by atoms with E-state index in [4.69, 9.17) is 0 Å². The summed E-state index contributed by atoms with van der Waals surface area (Å²) in [6.45, 7) is 4.87. The summed E-state index contributed by atoms with van der Waals surface area (Å²) in [5.74, 6) is 0.489. The van der Waals surface area contributed by atoms with Crippen molar-refractivity contribution in [1.29, 1.82) is 0 Å². The number of aliphatic carboxylic acids is 1. The minimum absolute atomic E-state index is 0.288. The van der Waals surface area contributed by atoms with E-state index in [-0.39, 0.29) is 12.0 Å². The van der Waals surface area contributed by atoms with Crippen LogP contribution in [0.25, 0.3) is 11.2 Å². The molecule has 3 atom stereocenters. The first kappa shape index (κ1) is 24.6. The number of fused-ring (bicyclic) bond motifs is 1. The number of aromatic nitrogens is 3. The lowest BCUT2D eigenvalue weighted by Gasteiger charge is -2.35. The van der Waals surface area contributed by atoms with Crippen LogP contribution in [0.3, 0.4) is 0 Å². The highest BCUT2D eigenvalue weighted by Crippen LogP contribution is 2.39. The average molecular weight is 502 g/mol. The van der Waals surface area contributed by atoms with Gasteiger partial charge in [0.15, 0.2) is 5.65 Å². The number of likely N-dealkylation sites (tertiary alicyclic amines) is 2. The molecule has 0 amide bonds. The molecule has 0 bridgehead atoms. The maximum Gasteiger partial charge on any atom is 0.321 e. The standard InChI is InChI=1S/C30H39N5O2/c36-30(37)28(23-10-5-2-6-11-23)34-19-24(26(20-34)22-8-3-1-4-9-22)18-33-16-13-25(14-17-33)35-21-32-27-12-7-15-31-29(27)35/h1,3-4,7-9,12,15,21,23-26,28H,2,5-6,10-11,13-14,16-20H2,(H,36,37)/t24?,26-,28-/m1/s1. The van der Waals surface area contributed by atoms with Crippen LogP contribution in [0.1, 0.15) is 62.5 Å². The number of carboxylic acid groups (broad SMARTS) is 1. The normalized spacial score (nSPS) is 25.5. The fourth-order valence-electron chi connectivity index (χ4n) is 7.35. The predicted octanol–water partition coefficient (Wildman–Crippen LogP) is 4.82. The van der Waals surface area contributed by atoms with Crippen LogP contribution in [0.4, 0.5) is 0 Å². The van der Waals surface area contributed by atoms with Crippen molar-refractivity contribution in [1.82, 2.24) is 24.3 Å². The molecule has 1 aliphatic carbocycles. The molecule has 2 aliphatic heterocycles. The zero-order chi connectivity index (χ0) is 25.2. The van der Waals surface area contributed by atoms with Gasteiger partial charge in [-0.25, -0.2) is 9.97 Å². The maximum atomic E-state index is 12.5. The lowest BCUT2D eigenvalue weighted by molar-refractivity contribution is -0.145. The number of imidazole rings is 1. The Morgan fingerprint density at radius 1 is 0.946 bits per heavy atom. The van der Waals surface area contributed by atoms with Gasteiger partial charge in [0.2, 0.25) is 0 Å². The summed E-state index contributed by atoms with van der Waals surface area (Å²) >= 11 is 0. The molecule has 196 valence electrons. The van der Waals surface area contributed by atoms with Crippen molar-refractivity contribution in [2.45, 2.75) is 62.9 Å². The van der Waals surface area contributed by atoms with Crippen molar-refractivity contribution < 1.29 is 9.90 Å². The minimum atomic E-state index is -0.624. The molecule has 37 heavy (non-hydrogen) atoms. The number of pyridine rings is 1. The van der Waals surface area contributed by atoms with Crippen LogP contribution in [0.5, 0.6) is 0 Å². The van der Waals surface area contributed by atoms with Crippen LogP contribution in [0.15, 0.2) is 55.0 Å². The third kappa shape index (κ3) is 5.16. The number of benzene rings is 1. The average Bonchev–Trinajstić information content (AvgIpc) is 3.55. The van der Waals surface area contributed by atoms with E-state index in [0.29, 0.717) is 17.9 Å². The molecule has 7 heteroatoms. The topological polar surface area (TPSA) is 74.5 Å². The van der Waals surface area contributed by atoms with E-state index in [1.807, 2.05) is 24.7 Å². The number of carbonyl (C=O) groups is 1. The van der Waals surface area contributed by atoms with Crippen molar-refractivity contribution in [2.75, 3.05) is 32.7 Å². The Hall–Kier alpha value is -2.77. The molecule has 2 aromatic heterocycles. The molecular formula is C30H39N5O2. The van der Waals surface area contributed by atoms with Gasteiger partial charge in [-0.2, -0.15) is 0 Å². The van der Waals surface area contributed by atoms with E-state index in [2.05, 4.69) is 54.7 Å². The third-order valence-corrected chi connectivity index (χ3v) is 9.21. The third-order valence-electron chi connectivity index (χ3n) is 9.21. The Morgan fingerprint density at radius 2 is 1.73 bits per heavy atom. The van der Waals surface area contributed by atoms with Gasteiger partial charge in [0.05, 0.1) is 6.33 Å². The summed E-state index contributed by atoms with van der Waals surface area (Å²) in [6, 6.07) is 14.9. The largest absolute Gasteiger partial charge is 0.480 e.